The van der Waals surface area contributed by atoms with E-state index in [2.05, 4.69) is 25.3 Å². The van der Waals surface area contributed by atoms with E-state index in [1.807, 2.05) is 0 Å². The van der Waals surface area contributed by atoms with Crippen molar-refractivity contribution in [1.29, 1.82) is 0 Å². The summed E-state index contributed by atoms with van der Waals surface area (Å²) in [6.07, 6.45) is -5.23. The molecule has 2 aromatic heterocycles. The molecule has 0 aliphatic carbocycles. The van der Waals surface area contributed by atoms with Gasteiger partial charge in [0.05, 0.1) is 2.74 Å². The van der Waals surface area contributed by atoms with E-state index < -0.39 is 49.7 Å². The lowest BCUT2D eigenvalue weighted by Gasteiger charge is -2.18. The summed E-state index contributed by atoms with van der Waals surface area (Å²) in [7, 11) is 0. The van der Waals surface area contributed by atoms with E-state index in [4.69, 9.17) is 22.6 Å². The zero-order valence-corrected chi connectivity index (χ0v) is 12.8. The van der Waals surface area contributed by atoms with Crippen LogP contribution < -0.4 is 10.6 Å². The first kappa shape index (κ1) is 9.97. The van der Waals surface area contributed by atoms with E-state index in [0.29, 0.717) is 0 Å². The lowest BCUT2D eigenvalue weighted by molar-refractivity contribution is -0.138. The Bertz CT molecular complexity index is 948. The Hall–Kier alpha value is -2.16. The molecule has 2 heterocycles. The van der Waals surface area contributed by atoms with Crippen molar-refractivity contribution in [3.63, 3.8) is 0 Å². The summed E-state index contributed by atoms with van der Waals surface area (Å²) in [6, 6.07) is -3.31. The third-order valence-corrected chi connectivity index (χ3v) is 2.61. The molecule has 2 rings (SSSR count). The third-order valence-electron chi connectivity index (χ3n) is 2.41. The molecule has 0 saturated carbocycles. The van der Waals surface area contributed by atoms with E-state index in [-0.39, 0.29) is 16.9 Å². The second-order valence-corrected chi connectivity index (χ2v) is 4.84. The minimum atomic E-state index is -5.23. The quantitative estimate of drug-likeness (QED) is 0.782. The number of nitrogens with one attached hydrogen (secondary N) is 2. The van der Waals surface area contributed by atoms with Crippen molar-refractivity contribution in [2.45, 2.75) is 38.9 Å². The number of anilines is 2. The minimum Gasteiger partial charge on any atom is -0.352 e. The first-order chi connectivity index (χ1) is 14.3. The first-order valence-corrected chi connectivity index (χ1v) is 6.69. The Morgan fingerprint density at radius 3 is 2.46 bits per heavy atom. The molecular formula is C14H16ClF3N6. The largest absolute Gasteiger partial charge is 0.408 e. The zero-order valence-electron chi connectivity index (χ0n) is 20.0. The highest BCUT2D eigenvalue weighted by Gasteiger charge is 2.36. The topological polar surface area (TPSA) is 75.6 Å². The fourth-order valence-electron chi connectivity index (χ4n) is 1.47. The van der Waals surface area contributed by atoms with E-state index in [9.17, 15) is 13.2 Å². The van der Waals surface area contributed by atoms with Gasteiger partial charge in [-0.2, -0.15) is 28.1 Å². The number of alkyl halides is 3. The number of hydrogen-bond donors (Lipinski definition) is 2. The van der Waals surface area contributed by atoms with Crippen LogP contribution in [0.4, 0.5) is 25.1 Å². The van der Waals surface area contributed by atoms with Gasteiger partial charge in [-0.15, -0.1) is 0 Å². The summed E-state index contributed by atoms with van der Waals surface area (Å²) in [4.78, 5) is 15.0. The molecule has 0 aliphatic rings. The second-order valence-electron chi connectivity index (χ2n) is 4.45. The molecule has 0 saturated heterocycles. The lowest BCUT2D eigenvalue weighted by atomic mass is 10.3. The van der Waals surface area contributed by atoms with Gasteiger partial charge < -0.3 is 10.6 Å². The van der Waals surface area contributed by atoms with E-state index in [1.165, 1.54) is 0 Å². The fourth-order valence-corrected chi connectivity index (χ4v) is 1.63. The number of aromatic nitrogens is 4. The maximum absolute atomic E-state index is 13.3. The molecule has 0 radical (unpaired) electrons. The van der Waals surface area contributed by atoms with Crippen LogP contribution in [0.5, 0.6) is 0 Å². The Morgan fingerprint density at radius 2 is 1.88 bits per heavy atom. The van der Waals surface area contributed by atoms with Crippen molar-refractivity contribution in [1.82, 2.24) is 19.9 Å². The van der Waals surface area contributed by atoms with Gasteiger partial charge in [0.15, 0.2) is 5.82 Å². The maximum atomic E-state index is 13.3. The van der Waals surface area contributed by atoms with Crippen LogP contribution in [-0.2, 0) is 0 Å². The summed E-state index contributed by atoms with van der Waals surface area (Å²) in [5.41, 5.74) is -0.186. The monoisotopic (exact) mass is 368 g/mol. The van der Waals surface area contributed by atoms with Crippen LogP contribution in [0.3, 0.4) is 0 Å². The van der Waals surface area contributed by atoms with Crippen molar-refractivity contribution in [2.75, 3.05) is 10.6 Å². The molecule has 0 aliphatic heterocycles. The van der Waals surface area contributed by atoms with E-state index >= 15 is 0 Å². The van der Waals surface area contributed by atoms with Gasteiger partial charge in [-0.25, -0.2) is 4.98 Å². The van der Waals surface area contributed by atoms with Gasteiger partial charge in [0.2, 0.25) is 11.9 Å². The lowest BCUT2D eigenvalue weighted by Crippen LogP contribution is -2.34. The Labute approximate surface area is 153 Å². The van der Waals surface area contributed by atoms with Gasteiger partial charge in [-0.05, 0) is 32.8 Å². The molecule has 130 valence electrons. The van der Waals surface area contributed by atoms with Gasteiger partial charge in [0, 0.05) is 14.2 Å². The van der Waals surface area contributed by atoms with Crippen LogP contribution in [0, 0.1) is 0 Å². The molecule has 6 nitrogen and oxygen atoms in total. The molecule has 2 N–H and O–H groups in total. The molecule has 0 aromatic carbocycles. The molecule has 0 unspecified atom stereocenters. The highest BCUT2D eigenvalue weighted by molar-refractivity contribution is 6.29. The van der Waals surface area contributed by atoms with Crippen LogP contribution in [0.15, 0.2) is 18.2 Å². The summed E-state index contributed by atoms with van der Waals surface area (Å²) < 4.78 is 99.2. The van der Waals surface area contributed by atoms with Gasteiger partial charge in [0.1, 0.15) is 16.9 Å². The van der Waals surface area contributed by atoms with Crippen molar-refractivity contribution in [3.8, 4) is 11.5 Å². The number of nitrogens with zero attached hydrogens (tertiary/aromatic N) is 4. The number of rotatable bonds is 5. The van der Waals surface area contributed by atoms with Crippen molar-refractivity contribution in [2.24, 2.45) is 0 Å². The van der Waals surface area contributed by atoms with E-state index in [1.54, 1.807) is 5.32 Å². The standard InChI is InChI=1S/C14H16ClF3N6/c1-7(2)19-12-22-11(9-5-4-6-10(15)21-9)23-13(24-12)20-8(3)14(16,17)18/h4-8H,1-3H3,(H2,19,20,22,23,24)/t8-/m1/s1/i1D3,3D3,4D,7D/t7-,8-. The third kappa shape index (κ3) is 4.92. The van der Waals surface area contributed by atoms with Gasteiger partial charge in [-0.1, -0.05) is 17.6 Å². The molecule has 0 bridgehead atoms. The maximum Gasteiger partial charge on any atom is 0.408 e. The average Bonchev–Trinajstić information content (AvgIpc) is 2.55. The zero-order chi connectivity index (χ0) is 24.7. The fraction of sp³-hybridized carbons (Fsp3) is 0.429. The van der Waals surface area contributed by atoms with Gasteiger partial charge >= 0.3 is 6.18 Å². The molecule has 2 aromatic rings. The van der Waals surface area contributed by atoms with Crippen LogP contribution in [-0.4, -0.2) is 38.2 Å². The van der Waals surface area contributed by atoms with Crippen molar-refractivity contribution >= 4 is 23.5 Å². The molecule has 0 fully saturated rings. The number of pyridine rings is 1. The number of hydrogen-bond acceptors (Lipinski definition) is 6. The Morgan fingerprint density at radius 1 is 1.17 bits per heavy atom. The number of halogens is 4. The minimum absolute atomic E-state index is 0.145. The second kappa shape index (κ2) is 7.16. The van der Waals surface area contributed by atoms with Crippen LogP contribution in [0.1, 0.15) is 31.6 Å². The van der Waals surface area contributed by atoms with Crippen molar-refractivity contribution < 1.29 is 24.1 Å². The molecule has 10 heteroatoms. The molecule has 2 atom stereocenters. The van der Waals surface area contributed by atoms with Gasteiger partial charge in [-0.3, -0.25) is 0 Å². The first-order valence-electron chi connectivity index (χ1n) is 10.3. The summed E-state index contributed by atoms with van der Waals surface area (Å²) in [6.45, 7) is -5.48. The predicted molar refractivity (Wildman–Crippen MR) is 86.0 cm³/mol. The SMILES string of the molecule is [2H]c1cc(Cl)nc(-c2nc(N[C@H](C([2H])([2H])[2H])C(F)(F)F)nc(N[C@@]([2H])(C)C([2H])([2H])[2H])n2)c1. The van der Waals surface area contributed by atoms with E-state index in [0.717, 1.165) is 19.1 Å². The molecule has 0 amide bonds. The van der Waals surface area contributed by atoms with Crippen molar-refractivity contribution in [3.05, 3.63) is 23.3 Å². The Kier molecular flexibility index (Phi) is 2.98. The molecule has 24 heavy (non-hydrogen) atoms. The van der Waals surface area contributed by atoms with Crippen LogP contribution in [0.25, 0.3) is 11.5 Å². The highest BCUT2D eigenvalue weighted by atomic mass is 35.5. The van der Waals surface area contributed by atoms with Gasteiger partial charge in [0.25, 0.3) is 0 Å². The highest BCUT2D eigenvalue weighted by Crippen LogP contribution is 2.24. The normalized spacial score (nSPS) is 21.4. The predicted octanol–water partition coefficient (Wildman–Crippen LogP) is 3.77. The Balaban J connectivity index is 2.63. The van der Waals surface area contributed by atoms with Crippen LogP contribution >= 0.6 is 11.6 Å². The smallest absolute Gasteiger partial charge is 0.352 e. The average molecular weight is 369 g/mol. The summed E-state index contributed by atoms with van der Waals surface area (Å²) in [5.74, 6) is -1.98. The molecular weight excluding hydrogens is 345 g/mol. The summed E-state index contributed by atoms with van der Waals surface area (Å²) >= 11 is 5.79. The molecule has 0 spiro atoms. The van der Waals surface area contributed by atoms with Crippen LogP contribution in [0.2, 0.25) is 5.15 Å². The summed E-state index contributed by atoms with van der Waals surface area (Å²) in [5, 5.41) is 3.66.